The fourth-order valence-corrected chi connectivity index (χ4v) is 6.18. The molecular weight excluding hydrogens is 397 g/mol. The Labute approximate surface area is 172 Å². The third-order valence-corrected chi connectivity index (χ3v) is 6.95. The van der Waals surface area contributed by atoms with Gasteiger partial charge in [0.1, 0.15) is 12.1 Å². The molecule has 2 atom stereocenters. The van der Waals surface area contributed by atoms with E-state index in [0.717, 1.165) is 32.1 Å². The minimum absolute atomic E-state index is 0.0425. The van der Waals surface area contributed by atoms with Crippen molar-refractivity contribution in [1.29, 1.82) is 0 Å². The Hall–Kier alpha value is -2.48. The molecule has 0 aliphatic heterocycles. The largest absolute Gasteiger partial charge is 0.380 e. The van der Waals surface area contributed by atoms with Crippen molar-refractivity contribution >= 4 is 23.4 Å². The first-order chi connectivity index (χ1) is 13.9. The topological polar surface area (TPSA) is 95.4 Å². The van der Waals surface area contributed by atoms with Crippen LogP contribution in [0.25, 0.3) is 0 Å². The van der Waals surface area contributed by atoms with E-state index >= 15 is 0 Å². The molecule has 4 saturated carbocycles. The van der Waals surface area contributed by atoms with Crippen molar-refractivity contribution in [3.05, 3.63) is 47.3 Å². The second kappa shape index (κ2) is 6.52. The smallest absolute Gasteiger partial charge is 0.341 e. The number of aromatic nitrogens is 3. The first kappa shape index (κ1) is 18.5. The van der Waals surface area contributed by atoms with Crippen LogP contribution in [0.3, 0.4) is 0 Å². The van der Waals surface area contributed by atoms with Crippen molar-refractivity contribution in [1.82, 2.24) is 14.8 Å². The molecule has 7 nitrogen and oxygen atoms in total. The van der Waals surface area contributed by atoms with E-state index in [-0.39, 0.29) is 28.4 Å². The maximum Gasteiger partial charge on any atom is 0.341 e. The van der Waals surface area contributed by atoms with Crippen molar-refractivity contribution in [3.8, 4) is 0 Å². The summed E-state index contributed by atoms with van der Waals surface area (Å²) in [6, 6.07) is 5.56. The lowest BCUT2D eigenvalue weighted by molar-refractivity contribution is -0.179. The highest BCUT2D eigenvalue weighted by molar-refractivity contribution is 6.28. The lowest BCUT2D eigenvalue weighted by atomic mass is 9.47. The molecule has 1 aromatic heterocycles. The molecule has 4 fully saturated rings. The van der Waals surface area contributed by atoms with Gasteiger partial charge >= 0.3 is 5.97 Å². The van der Waals surface area contributed by atoms with Crippen molar-refractivity contribution in [3.63, 3.8) is 0 Å². The highest BCUT2D eigenvalue weighted by atomic mass is 35.5. The number of benzene rings is 1. The number of rotatable bonds is 4. The Morgan fingerprint density at radius 1 is 1.24 bits per heavy atom. The van der Waals surface area contributed by atoms with Gasteiger partial charge in [0.2, 0.25) is 5.28 Å². The zero-order valence-electron chi connectivity index (χ0n) is 15.7. The van der Waals surface area contributed by atoms with Crippen LogP contribution in [0.5, 0.6) is 0 Å². The van der Waals surface area contributed by atoms with Crippen LogP contribution in [-0.4, -0.2) is 26.6 Å². The van der Waals surface area contributed by atoms with Gasteiger partial charge in [-0.1, -0.05) is 5.16 Å². The monoisotopic (exact) mass is 417 g/mol. The molecule has 0 amide bonds. The van der Waals surface area contributed by atoms with E-state index < -0.39 is 5.41 Å². The highest BCUT2D eigenvalue weighted by Crippen LogP contribution is 2.64. The molecular formula is C20H21ClFN5O2. The van der Waals surface area contributed by atoms with Gasteiger partial charge in [0, 0.05) is 5.56 Å². The summed E-state index contributed by atoms with van der Waals surface area (Å²) in [5.41, 5.74) is 5.56. The van der Waals surface area contributed by atoms with Crippen LogP contribution in [-0.2, 0) is 15.2 Å². The van der Waals surface area contributed by atoms with Gasteiger partial charge in [-0.25, -0.2) is 18.9 Å². The van der Waals surface area contributed by atoms with Crippen molar-refractivity contribution < 1.29 is 14.0 Å². The average Bonchev–Trinajstić information content (AvgIpc) is 3.12. The van der Waals surface area contributed by atoms with Gasteiger partial charge in [-0.05, 0) is 86.2 Å². The summed E-state index contributed by atoms with van der Waals surface area (Å²) in [6.45, 7) is 0. The molecule has 2 unspecified atom stereocenters. The fraction of sp³-hybridized carbons (Fsp3) is 0.500. The number of hydrogen-bond acceptors (Lipinski definition) is 5. The number of halogens is 2. The molecule has 4 bridgehead atoms. The molecule has 2 N–H and O–H groups in total. The Kier molecular flexibility index (Phi) is 4.17. The van der Waals surface area contributed by atoms with Gasteiger partial charge in [-0.2, -0.15) is 0 Å². The molecule has 4 aliphatic rings. The molecule has 9 heteroatoms. The SMILES string of the molecule is N/C(=N\OC(=O)C12CC3CC(C1)CC(n1cnc(Cl)n1)(C3)C2)c1ccc(F)cc1. The van der Waals surface area contributed by atoms with E-state index in [1.165, 1.54) is 24.3 Å². The first-order valence-electron chi connectivity index (χ1n) is 9.76. The Balaban J connectivity index is 1.39. The molecule has 2 aromatic rings. The number of carbonyl (C=O) groups is 1. The van der Waals surface area contributed by atoms with Crippen molar-refractivity contribution in [2.24, 2.45) is 28.1 Å². The van der Waals surface area contributed by atoms with E-state index in [4.69, 9.17) is 22.2 Å². The van der Waals surface area contributed by atoms with E-state index in [1.807, 2.05) is 4.68 Å². The highest BCUT2D eigenvalue weighted by Gasteiger charge is 2.62. The lowest BCUT2D eigenvalue weighted by Gasteiger charge is -2.60. The normalized spacial score (nSPS) is 33.1. The van der Waals surface area contributed by atoms with Crippen LogP contribution >= 0.6 is 11.6 Å². The van der Waals surface area contributed by atoms with Crippen LogP contribution in [0.15, 0.2) is 35.7 Å². The van der Waals surface area contributed by atoms with Crippen LogP contribution in [0, 0.1) is 23.1 Å². The summed E-state index contributed by atoms with van der Waals surface area (Å²) in [4.78, 5) is 22.5. The molecule has 0 saturated heterocycles. The predicted molar refractivity (Wildman–Crippen MR) is 103 cm³/mol. The van der Waals surface area contributed by atoms with Crippen molar-refractivity contribution in [2.45, 2.75) is 44.1 Å². The number of amidine groups is 1. The number of carbonyl (C=O) groups excluding carboxylic acids is 1. The maximum atomic E-state index is 13.1. The quantitative estimate of drug-likeness (QED) is 0.356. The van der Waals surface area contributed by atoms with Crippen LogP contribution in [0.4, 0.5) is 4.39 Å². The fourth-order valence-electron chi connectivity index (χ4n) is 6.05. The molecule has 29 heavy (non-hydrogen) atoms. The van der Waals surface area contributed by atoms with Gasteiger partial charge in [0.15, 0.2) is 5.84 Å². The third-order valence-electron chi connectivity index (χ3n) is 6.78. The zero-order chi connectivity index (χ0) is 20.2. The molecule has 152 valence electrons. The van der Waals surface area contributed by atoms with Gasteiger partial charge in [0.25, 0.3) is 0 Å². The number of oxime groups is 1. The first-order valence-corrected chi connectivity index (χ1v) is 10.1. The Bertz CT molecular complexity index is 975. The molecule has 0 spiro atoms. The van der Waals surface area contributed by atoms with Crippen molar-refractivity contribution in [2.75, 3.05) is 0 Å². The molecule has 6 rings (SSSR count). The summed E-state index contributed by atoms with van der Waals surface area (Å²) < 4.78 is 14.9. The van der Waals surface area contributed by atoms with Gasteiger partial charge in [-0.15, -0.1) is 5.10 Å². The third kappa shape index (κ3) is 3.10. The summed E-state index contributed by atoms with van der Waals surface area (Å²) in [6.07, 6.45) is 6.95. The van der Waals surface area contributed by atoms with E-state index in [9.17, 15) is 9.18 Å². The number of hydrogen-bond donors (Lipinski definition) is 1. The summed E-state index contributed by atoms with van der Waals surface area (Å²) in [5.74, 6) is 0.189. The Morgan fingerprint density at radius 3 is 2.55 bits per heavy atom. The summed E-state index contributed by atoms with van der Waals surface area (Å²) in [7, 11) is 0. The molecule has 1 heterocycles. The number of nitrogens with zero attached hydrogens (tertiary/aromatic N) is 4. The zero-order valence-corrected chi connectivity index (χ0v) is 16.5. The minimum atomic E-state index is -0.602. The summed E-state index contributed by atoms with van der Waals surface area (Å²) >= 11 is 5.96. The summed E-state index contributed by atoms with van der Waals surface area (Å²) in [5, 5.41) is 8.42. The average molecular weight is 418 g/mol. The molecule has 0 radical (unpaired) electrons. The standard InChI is InChI=1S/C20H21ClFN5O2/c21-18-24-11-27(25-18)20-8-12-5-13(9-20)7-19(6-12,10-20)17(28)29-26-16(23)14-1-3-15(22)4-2-14/h1-4,11-13H,5-10H2,(H2,23,26). The number of nitrogens with two attached hydrogens (primary N) is 1. The van der Waals surface area contributed by atoms with E-state index in [1.54, 1.807) is 6.33 Å². The second-order valence-corrected chi connectivity index (χ2v) is 9.12. The van der Waals surface area contributed by atoms with Crippen LogP contribution < -0.4 is 5.73 Å². The van der Waals surface area contributed by atoms with Gasteiger partial charge < -0.3 is 10.6 Å². The molecule has 4 aliphatic carbocycles. The van der Waals surface area contributed by atoms with Crippen LogP contribution in [0.1, 0.15) is 44.1 Å². The van der Waals surface area contributed by atoms with Gasteiger partial charge in [0.05, 0.1) is 11.0 Å². The minimum Gasteiger partial charge on any atom is -0.380 e. The second-order valence-electron chi connectivity index (χ2n) is 8.79. The van der Waals surface area contributed by atoms with E-state index in [0.29, 0.717) is 23.8 Å². The Morgan fingerprint density at radius 2 is 1.93 bits per heavy atom. The lowest BCUT2D eigenvalue weighted by Crippen LogP contribution is -2.59. The molecule has 1 aromatic carbocycles. The van der Waals surface area contributed by atoms with E-state index in [2.05, 4.69) is 15.2 Å². The van der Waals surface area contributed by atoms with Gasteiger partial charge in [-0.3, -0.25) is 0 Å². The maximum absolute atomic E-state index is 13.1. The predicted octanol–water partition coefficient (Wildman–Crippen LogP) is 3.23. The van der Waals surface area contributed by atoms with Crippen LogP contribution in [0.2, 0.25) is 5.28 Å².